The smallest absolute Gasteiger partial charge is 0.173 e. The Bertz CT molecular complexity index is 645. The molecule has 0 unspecified atom stereocenters. The number of ether oxygens (including phenoxy) is 1. The first-order chi connectivity index (χ1) is 11.9. The van der Waals surface area contributed by atoms with E-state index in [-0.39, 0.29) is 6.04 Å². The second kappa shape index (κ2) is 7.26. The first-order valence-electron chi connectivity index (χ1n) is 8.63. The highest BCUT2D eigenvalue weighted by molar-refractivity contribution is 7.10. The van der Waals surface area contributed by atoms with Crippen molar-refractivity contribution in [1.82, 2.24) is 30.0 Å². The molecule has 2 aliphatic rings. The predicted molar refractivity (Wildman–Crippen MR) is 92.0 cm³/mol. The molecule has 0 N–H and O–H groups in total. The summed E-state index contributed by atoms with van der Waals surface area (Å²) in [7, 11) is 1.71. The molecule has 0 saturated carbocycles. The van der Waals surface area contributed by atoms with Crippen LogP contribution in [-0.2, 0) is 11.3 Å². The summed E-state index contributed by atoms with van der Waals surface area (Å²) in [4.78, 5) is 6.51. The highest BCUT2D eigenvalue weighted by Gasteiger charge is 2.36. The Labute approximate surface area is 146 Å². The molecule has 2 aromatic rings. The number of methoxy groups -OCH3 is 1. The van der Waals surface area contributed by atoms with Gasteiger partial charge >= 0.3 is 0 Å². The molecule has 4 heterocycles. The van der Waals surface area contributed by atoms with E-state index in [1.807, 2.05) is 4.68 Å². The van der Waals surface area contributed by atoms with Crippen LogP contribution in [0.5, 0.6) is 0 Å². The summed E-state index contributed by atoms with van der Waals surface area (Å²) < 4.78 is 7.11. The molecule has 0 aliphatic carbocycles. The molecule has 2 atom stereocenters. The van der Waals surface area contributed by atoms with Crippen molar-refractivity contribution in [3.8, 4) is 0 Å². The Morgan fingerprint density at radius 1 is 1.38 bits per heavy atom. The number of aromatic nitrogens is 4. The molecule has 2 aliphatic heterocycles. The number of hydrogen-bond donors (Lipinski definition) is 0. The lowest BCUT2D eigenvalue weighted by Crippen LogP contribution is -2.51. The molecule has 2 saturated heterocycles. The monoisotopic (exact) mass is 348 g/mol. The second-order valence-electron chi connectivity index (χ2n) is 6.50. The Morgan fingerprint density at radius 3 is 3.17 bits per heavy atom. The first-order valence-corrected chi connectivity index (χ1v) is 9.51. The van der Waals surface area contributed by atoms with Crippen molar-refractivity contribution >= 4 is 11.3 Å². The lowest BCUT2D eigenvalue weighted by molar-refractivity contribution is 0.0795. The topological polar surface area (TPSA) is 59.3 Å². The molecular weight excluding hydrogens is 324 g/mol. The van der Waals surface area contributed by atoms with Gasteiger partial charge in [-0.25, -0.2) is 4.68 Å². The molecule has 2 fully saturated rings. The lowest BCUT2D eigenvalue weighted by atomic mass is 10.1. The molecule has 8 heteroatoms. The van der Waals surface area contributed by atoms with Gasteiger partial charge in [0.15, 0.2) is 5.82 Å². The van der Waals surface area contributed by atoms with Gasteiger partial charge in [-0.15, -0.1) is 16.4 Å². The minimum absolute atomic E-state index is 0.139. The zero-order valence-corrected chi connectivity index (χ0v) is 14.9. The van der Waals surface area contributed by atoms with Crippen LogP contribution in [0, 0.1) is 0 Å². The van der Waals surface area contributed by atoms with E-state index < -0.39 is 0 Å². The fourth-order valence-corrected chi connectivity index (χ4v) is 4.77. The van der Waals surface area contributed by atoms with E-state index in [1.54, 1.807) is 18.4 Å². The second-order valence-corrected chi connectivity index (χ2v) is 7.48. The number of rotatable bonds is 6. The van der Waals surface area contributed by atoms with Gasteiger partial charge in [0.05, 0.1) is 13.2 Å². The van der Waals surface area contributed by atoms with E-state index in [4.69, 9.17) is 4.74 Å². The molecule has 0 aromatic carbocycles. The molecule has 7 nitrogen and oxygen atoms in total. The molecule has 2 aromatic heterocycles. The van der Waals surface area contributed by atoms with Crippen LogP contribution in [0.1, 0.15) is 29.6 Å². The average Bonchev–Trinajstić information content (AvgIpc) is 3.35. The van der Waals surface area contributed by atoms with E-state index in [2.05, 4.69) is 42.8 Å². The van der Waals surface area contributed by atoms with Gasteiger partial charge in [-0.05, 0) is 41.3 Å². The Hall–Kier alpha value is -1.35. The van der Waals surface area contributed by atoms with E-state index in [1.165, 1.54) is 24.3 Å². The van der Waals surface area contributed by atoms with Crippen LogP contribution in [0.4, 0.5) is 0 Å². The third-order valence-electron chi connectivity index (χ3n) is 5.11. The van der Waals surface area contributed by atoms with Crippen molar-refractivity contribution in [3.63, 3.8) is 0 Å². The minimum Gasteiger partial charge on any atom is -0.383 e. The normalized spacial score (nSPS) is 23.5. The van der Waals surface area contributed by atoms with E-state index in [0.717, 1.165) is 25.5 Å². The van der Waals surface area contributed by atoms with Gasteiger partial charge in [-0.3, -0.25) is 9.80 Å². The summed E-state index contributed by atoms with van der Waals surface area (Å²) in [5, 5.41) is 14.7. The van der Waals surface area contributed by atoms with Crippen LogP contribution in [0.3, 0.4) is 0 Å². The molecule has 0 amide bonds. The number of tetrazole rings is 1. The minimum atomic E-state index is 0.139. The Kier molecular flexibility index (Phi) is 4.88. The number of hydrogen-bond acceptors (Lipinski definition) is 7. The predicted octanol–water partition coefficient (Wildman–Crippen LogP) is 1.25. The maximum absolute atomic E-state index is 5.21. The van der Waals surface area contributed by atoms with Crippen molar-refractivity contribution in [1.29, 1.82) is 0 Å². The van der Waals surface area contributed by atoms with Crippen molar-refractivity contribution in [2.45, 2.75) is 31.5 Å². The highest BCUT2D eigenvalue weighted by atomic mass is 32.1. The Balaban J connectivity index is 1.62. The van der Waals surface area contributed by atoms with Gasteiger partial charge in [0.2, 0.25) is 0 Å². The standard InChI is InChI=1S/C16H24N6OS/c1-23-10-9-22-16(17-18-19-22)15(14-5-3-11-24-14)21-8-7-20-6-2-4-13(20)12-21/h3,5,11,13,15H,2,4,6-10,12H2,1H3/t13-,15-/m1/s1. The molecule has 24 heavy (non-hydrogen) atoms. The van der Waals surface area contributed by atoms with Crippen molar-refractivity contribution in [2.75, 3.05) is 39.9 Å². The zero-order chi connectivity index (χ0) is 16.4. The van der Waals surface area contributed by atoms with Crippen molar-refractivity contribution in [2.24, 2.45) is 0 Å². The van der Waals surface area contributed by atoms with Gasteiger partial charge in [0.1, 0.15) is 6.04 Å². The number of piperazine rings is 1. The number of fused-ring (bicyclic) bond motifs is 1. The summed E-state index contributed by atoms with van der Waals surface area (Å²) >= 11 is 1.79. The molecule has 0 spiro atoms. The van der Waals surface area contributed by atoms with Crippen molar-refractivity contribution < 1.29 is 4.74 Å². The largest absolute Gasteiger partial charge is 0.383 e. The van der Waals surface area contributed by atoms with Gasteiger partial charge in [0, 0.05) is 37.7 Å². The van der Waals surface area contributed by atoms with Crippen LogP contribution < -0.4 is 0 Å². The zero-order valence-electron chi connectivity index (χ0n) is 14.0. The quantitative estimate of drug-likeness (QED) is 0.783. The number of thiophene rings is 1. The third kappa shape index (κ3) is 3.11. The summed E-state index contributed by atoms with van der Waals surface area (Å²) in [6.45, 7) is 5.87. The van der Waals surface area contributed by atoms with Gasteiger partial charge in [0.25, 0.3) is 0 Å². The third-order valence-corrected chi connectivity index (χ3v) is 6.03. The van der Waals surface area contributed by atoms with E-state index >= 15 is 0 Å². The lowest BCUT2D eigenvalue weighted by Gasteiger charge is -2.40. The van der Waals surface area contributed by atoms with E-state index in [9.17, 15) is 0 Å². The molecule has 0 bridgehead atoms. The molecular formula is C16H24N6OS. The average molecular weight is 348 g/mol. The Morgan fingerprint density at radius 2 is 2.33 bits per heavy atom. The summed E-state index contributed by atoms with van der Waals surface area (Å²) in [6.07, 6.45) is 2.63. The highest BCUT2D eigenvalue weighted by Crippen LogP contribution is 2.33. The number of nitrogens with zero attached hydrogens (tertiary/aromatic N) is 6. The summed E-state index contributed by atoms with van der Waals surface area (Å²) in [5.74, 6) is 0.931. The maximum atomic E-state index is 5.21. The SMILES string of the molecule is COCCn1nnnc1[C@@H](c1cccs1)N1CCN2CCC[C@@H]2C1. The fraction of sp³-hybridized carbons (Fsp3) is 0.688. The summed E-state index contributed by atoms with van der Waals surface area (Å²) in [5.41, 5.74) is 0. The first kappa shape index (κ1) is 16.1. The molecule has 4 rings (SSSR count). The van der Waals surface area contributed by atoms with Crippen LogP contribution in [0.15, 0.2) is 17.5 Å². The summed E-state index contributed by atoms with van der Waals surface area (Å²) in [6, 6.07) is 5.14. The molecule has 130 valence electrons. The van der Waals surface area contributed by atoms with Crippen LogP contribution in [-0.4, -0.2) is 75.9 Å². The molecule has 0 radical (unpaired) electrons. The van der Waals surface area contributed by atoms with Gasteiger partial charge < -0.3 is 4.74 Å². The fourth-order valence-electron chi connectivity index (χ4n) is 3.91. The van der Waals surface area contributed by atoms with Crippen LogP contribution >= 0.6 is 11.3 Å². The maximum Gasteiger partial charge on any atom is 0.173 e. The van der Waals surface area contributed by atoms with Crippen molar-refractivity contribution in [3.05, 3.63) is 28.2 Å². The van der Waals surface area contributed by atoms with Crippen LogP contribution in [0.25, 0.3) is 0 Å². The van der Waals surface area contributed by atoms with Gasteiger partial charge in [-0.1, -0.05) is 6.07 Å². The van der Waals surface area contributed by atoms with Crippen LogP contribution in [0.2, 0.25) is 0 Å². The van der Waals surface area contributed by atoms with E-state index in [0.29, 0.717) is 19.2 Å². The van der Waals surface area contributed by atoms with Gasteiger partial charge in [-0.2, -0.15) is 0 Å².